The van der Waals surface area contributed by atoms with Gasteiger partial charge in [-0.25, -0.2) is 0 Å². The molecule has 0 radical (unpaired) electrons. The number of hydrogen-bond donors (Lipinski definition) is 0. The summed E-state index contributed by atoms with van der Waals surface area (Å²) in [6, 6.07) is 8.02. The maximum atomic E-state index is 3.69. The van der Waals surface area contributed by atoms with E-state index in [0.29, 0.717) is 0 Å². The molecule has 1 rings (SSSR count). The molecule has 0 heterocycles. The summed E-state index contributed by atoms with van der Waals surface area (Å²) in [6.45, 7) is 18.6. The van der Waals surface area contributed by atoms with E-state index < -0.39 is 0 Å². The zero-order valence-electron chi connectivity index (χ0n) is 9.58. The van der Waals surface area contributed by atoms with Gasteiger partial charge >= 0.3 is 0 Å². The fourth-order valence-corrected chi connectivity index (χ4v) is 0.883. The van der Waals surface area contributed by atoms with Crippen molar-refractivity contribution in [2.75, 3.05) is 0 Å². The quantitative estimate of drug-likeness (QED) is 0.591. The van der Waals surface area contributed by atoms with E-state index in [1.165, 1.54) is 0 Å². The first-order valence-corrected chi connectivity index (χ1v) is 4.71. The molecule has 15 heavy (non-hydrogen) atoms. The first kappa shape index (κ1) is 15.6. The van der Waals surface area contributed by atoms with Gasteiger partial charge in [0.25, 0.3) is 0 Å². The van der Waals surface area contributed by atoms with Crippen molar-refractivity contribution in [2.24, 2.45) is 0 Å². The molecule has 0 saturated heterocycles. The normalized spacial score (nSPS) is 7.00. The van der Waals surface area contributed by atoms with Crippen molar-refractivity contribution in [2.45, 2.75) is 6.92 Å². The maximum absolute atomic E-state index is 3.69. The number of benzene rings is 1. The Labute approximate surface area is 94.0 Å². The van der Waals surface area contributed by atoms with Crippen LogP contribution in [0.2, 0.25) is 0 Å². The van der Waals surface area contributed by atoms with Crippen LogP contribution in [0, 0.1) is 0 Å². The Morgan fingerprint density at radius 3 is 1.33 bits per heavy atom. The molecule has 0 N–H and O–H groups in total. The van der Waals surface area contributed by atoms with Gasteiger partial charge in [0.1, 0.15) is 0 Å². The fourth-order valence-electron chi connectivity index (χ4n) is 0.883. The van der Waals surface area contributed by atoms with Gasteiger partial charge in [-0.05, 0) is 18.1 Å². The molecule has 0 atom stereocenters. The van der Waals surface area contributed by atoms with Crippen molar-refractivity contribution < 1.29 is 0 Å². The molecule has 0 aliphatic rings. The number of rotatable bonds is 2. The van der Waals surface area contributed by atoms with Crippen molar-refractivity contribution in [3.63, 3.8) is 0 Å². The van der Waals surface area contributed by atoms with E-state index in [1.54, 1.807) is 6.08 Å². The van der Waals surface area contributed by atoms with Crippen LogP contribution in [0.25, 0.3) is 12.2 Å². The highest BCUT2D eigenvalue weighted by molar-refractivity contribution is 5.63. The molecule has 0 fully saturated rings. The first-order valence-electron chi connectivity index (χ1n) is 4.71. The predicted molar refractivity (Wildman–Crippen MR) is 73.7 cm³/mol. The van der Waals surface area contributed by atoms with Gasteiger partial charge in [-0.2, -0.15) is 0 Å². The maximum Gasteiger partial charge on any atom is -0.0190 e. The lowest BCUT2D eigenvalue weighted by Gasteiger charge is -1.96. The Morgan fingerprint density at radius 2 is 1.13 bits per heavy atom. The molecule has 0 nitrogen and oxygen atoms in total. The SMILES string of the molecule is C=C.C=CC.C=Cc1ccccc1C=C. The summed E-state index contributed by atoms with van der Waals surface area (Å²) in [6.07, 6.45) is 5.41. The van der Waals surface area contributed by atoms with E-state index in [-0.39, 0.29) is 0 Å². The second-order valence-corrected chi connectivity index (χ2v) is 2.45. The molecule has 0 bridgehead atoms. The highest BCUT2D eigenvalue weighted by Gasteiger charge is 1.89. The van der Waals surface area contributed by atoms with Crippen LogP contribution in [0.4, 0.5) is 0 Å². The molecular formula is C15H20. The average Bonchev–Trinajstić information content (AvgIpc) is 2.32. The molecule has 0 saturated carbocycles. The summed E-state index contributed by atoms with van der Waals surface area (Å²) >= 11 is 0. The van der Waals surface area contributed by atoms with E-state index in [2.05, 4.69) is 32.9 Å². The van der Waals surface area contributed by atoms with Gasteiger partial charge in [-0.1, -0.05) is 55.7 Å². The van der Waals surface area contributed by atoms with Gasteiger partial charge in [0.2, 0.25) is 0 Å². The van der Waals surface area contributed by atoms with Crippen LogP contribution in [0.5, 0.6) is 0 Å². The van der Waals surface area contributed by atoms with Crippen LogP contribution in [-0.4, -0.2) is 0 Å². The van der Waals surface area contributed by atoms with E-state index in [0.717, 1.165) is 11.1 Å². The molecule has 0 unspecified atom stereocenters. The van der Waals surface area contributed by atoms with Crippen molar-refractivity contribution in [1.29, 1.82) is 0 Å². The molecule has 0 aliphatic carbocycles. The Morgan fingerprint density at radius 1 is 0.867 bits per heavy atom. The summed E-state index contributed by atoms with van der Waals surface area (Å²) in [5.41, 5.74) is 2.27. The van der Waals surface area contributed by atoms with Crippen LogP contribution in [-0.2, 0) is 0 Å². The molecule has 0 amide bonds. The molecule has 0 heteroatoms. The lowest BCUT2D eigenvalue weighted by atomic mass is 10.1. The Kier molecular flexibility index (Phi) is 12.7. The van der Waals surface area contributed by atoms with Crippen molar-refractivity contribution in [3.8, 4) is 0 Å². The van der Waals surface area contributed by atoms with E-state index in [9.17, 15) is 0 Å². The number of allylic oxidation sites excluding steroid dienone is 1. The minimum atomic E-state index is 1.14. The summed E-state index contributed by atoms with van der Waals surface area (Å²) in [5.74, 6) is 0. The minimum Gasteiger partial charge on any atom is -0.106 e. The predicted octanol–water partition coefficient (Wildman–Crippen LogP) is 4.97. The van der Waals surface area contributed by atoms with Gasteiger partial charge in [0, 0.05) is 0 Å². The zero-order chi connectivity index (χ0) is 12.1. The second kappa shape index (κ2) is 12.2. The Balaban J connectivity index is 0. The van der Waals surface area contributed by atoms with E-state index in [4.69, 9.17) is 0 Å². The van der Waals surface area contributed by atoms with Crippen molar-refractivity contribution in [3.05, 3.63) is 74.4 Å². The molecule has 1 aromatic carbocycles. The standard InChI is InChI=1S/C10H10.C3H6.C2H4/c1-3-9-7-5-6-8-10(9)4-2;1-3-2;1-2/h3-8H,1-2H2;3H,1H2,2H3;1-2H2. The van der Waals surface area contributed by atoms with Gasteiger partial charge in [0.15, 0.2) is 0 Å². The fraction of sp³-hybridized carbons (Fsp3) is 0.0667. The lowest BCUT2D eigenvalue weighted by molar-refractivity contribution is 1.62. The summed E-state index contributed by atoms with van der Waals surface area (Å²) in [4.78, 5) is 0. The first-order chi connectivity index (χ1) is 7.29. The monoisotopic (exact) mass is 200 g/mol. The minimum absolute atomic E-state index is 1.14. The second-order valence-electron chi connectivity index (χ2n) is 2.45. The van der Waals surface area contributed by atoms with Crippen LogP contribution < -0.4 is 0 Å². The Hall–Kier alpha value is -1.82. The van der Waals surface area contributed by atoms with Gasteiger partial charge in [0.05, 0.1) is 0 Å². The molecular weight excluding hydrogens is 180 g/mol. The van der Waals surface area contributed by atoms with Gasteiger partial charge < -0.3 is 0 Å². The van der Waals surface area contributed by atoms with E-state index in [1.807, 2.05) is 43.3 Å². The zero-order valence-corrected chi connectivity index (χ0v) is 9.58. The third kappa shape index (κ3) is 7.27. The van der Waals surface area contributed by atoms with Crippen LogP contribution >= 0.6 is 0 Å². The summed E-state index contributed by atoms with van der Waals surface area (Å²) in [7, 11) is 0. The highest BCUT2D eigenvalue weighted by Crippen LogP contribution is 2.10. The molecule has 0 aliphatic heterocycles. The molecule has 80 valence electrons. The Bertz CT molecular complexity index is 268. The molecule has 0 aromatic heterocycles. The summed E-state index contributed by atoms with van der Waals surface area (Å²) < 4.78 is 0. The van der Waals surface area contributed by atoms with E-state index >= 15 is 0 Å². The lowest BCUT2D eigenvalue weighted by Crippen LogP contribution is -1.76. The van der Waals surface area contributed by atoms with Gasteiger partial charge in [-0.15, -0.1) is 19.7 Å². The largest absolute Gasteiger partial charge is 0.106 e. The van der Waals surface area contributed by atoms with Gasteiger partial charge in [-0.3, -0.25) is 0 Å². The molecule has 0 spiro atoms. The molecule has 1 aromatic rings. The third-order valence-electron chi connectivity index (χ3n) is 1.44. The topological polar surface area (TPSA) is 0 Å². The van der Waals surface area contributed by atoms with Crippen molar-refractivity contribution in [1.82, 2.24) is 0 Å². The summed E-state index contributed by atoms with van der Waals surface area (Å²) in [5, 5.41) is 0. The van der Waals surface area contributed by atoms with Crippen LogP contribution in [0.3, 0.4) is 0 Å². The van der Waals surface area contributed by atoms with Crippen LogP contribution in [0.1, 0.15) is 18.1 Å². The highest BCUT2D eigenvalue weighted by atomic mass is 13.9. The van der Waals surface area contributed by atoms with Crippen molar-refractivity contribution >= 4 is 12.2 Å². The van der Waals surface area contributed by atoms with Crippen LogP contribution in [0.15, 0.2) is 63.2 Å². The smallest absolute Gasteiger partial charge is 0.0190 e. The third-order valence-corrected chi connectivity index (χ3v) is 1.44. The number of hydrogen-bond acceptors (Lipinski definition) is 0. The average molecular weight is 200 g/mol.